The zero-order valence-corrected chi connectivity index (χ0v) is 14.4. The number of carbonyl (C=O) groups is 1. The summed E-state index contributed by atoms with van der Waals surface area (Å²) in [6.07, 6.45) is 2.24. The van der Waals surface area contributed by atoms with Crippen molar-refractivity contribution < 1.29 is 9.53 Å². The first kappa shape index (κ1) is 16.2. The third-order valence-electron chi connectivity index (χ3n) is 3.92. The van der Waals surface area contributed by atoms with Gasteiger partial charge in [-0.05, 0) is 30.9 Å². The van der Waals surface area contributed by atoms with Gasteiger partial charge in [0.15, 0.2) is 6.61 Å². The first-order valence-corrected chi connectivity index (χ1v) is 8.73. The van der Waals surface area contributed by atoms with Crippen LogP contribution in [-0.2, 0) is 4.79 Å². The maximum atomic E-state index is 12.3. The zero-order chi connectivity index (χ0) is 16.2. The number of piperidine rings is 1. The van der Waals surface area contributed by atoms with Gasteiger partial charge in [0.25, 0.3) is 11.8 Å². The monoisotopic (exact) mass is 351 g/mol. The number of carbonyl (C=O) groups excluding carboxylic acids is 1. The van der Waals surface area contributed by atoms with Crippen molar-refractivity contribution in [3.8, 4) is 17.1 Å². The Hall–Kier alpha value is -1.66. The number of rotatable bonds is 4. The lowest BCUT2D eigenvalue weighted by atomic mass is 10.0. The topological polar surface area (TPSA) is 55.3 Å². The standard InChI is InChI=1S/C16H18ClN3O2S/c1-11-3-2-8-20(9-11)14(21)10-22-16-15(18-23-19-16)12-4-6-13(17)7-5-12/h4-7,11H,2-3,8-10H2,1H3. The Balaban J connectivity index is 1.64. The molecule has 1 amide bonds. The number of aromatic nitrogens is 2. The maximum Gasteiger partial charge on any atom is 0.260 e. The van der Waals surface area contributed by atoms with Crippen LogP contribution in [0.4, 0.5) is 0 Å². The first-order chi connectivity index (χ1) is 11.1. The van der Waals surface area contributed by atoms with E-state index in [9.17, 15) is 4.79 Å². The summed E-state index contributed by atoms with van der Waals surface area (Å²) < 4.78 is 14.0. The Morgan fingerprint density at radius 1 is 1.39 bits per heavy atom. The van der Waals surface area contributed by atoms with Crippen LogP contribution in [0, 0.1) is 5.92 Å². The second kappa shape index (κ2) is 7.27. The van der Waals surface area contributed by atoms with Crippen LogP contribution in [0.2, 0.25) is 5.02 Å². The number of likely N-dealkylation sites (tertiary alicyclic amines) is 1. The molecular weight excluding hydrogens is 334 g/mol. The van der Waals surface area contributed by atoms with Crippen LogP contribution in [0.3, 0.4) is 0 Å². The van der Waals surface area contributed by atoms with E-state index in [2.05, 4.69) is 15.7 Å². The van der Waals surface area contributed by atoms with Crippen LogP contribution in [0.5, 0.6) is 5.88 Å². The van der Waals surface area contributed by atoms with E-state index < -0.39 is 0 Å². The van der Waals surface area contributed by atoms with E-state index in [4.69, 9.17) is 16.3 Å². The Bertz CT molecular complexity index is 674. The molecule has 122 valence electrons. The van der Waals surface area contributed by atoms with Crippen molar-refractivity contribution in [1.29, 1.82) is 0 Å². The molecule has 2 heterocycles. The van der Waals surface area contributed by atoms with Crippen molar-refractivity contribution in [1.82, 2.24) is 13.6 Å². The molecule has 1 saturated heterocycles. The average molecular weight is 352 g/mol. The number of nitrogens with zero attached hydrogens (tertiary/aromatic N) is 3. The number of hydrogen-bond acceptors (Lipinski definition) is 5. The molecule has 2 aromatic rings. The molecule has 23 heavy (non-hydrogen) atoms. The Morgan fingerprint density at radius 3 is 2.91 bits per heavy atom. The van der Waals surface area contributed by atoms with Gasteiger partial charge in [-0.1, -0.05) is 30.7 Å². The molecule has 1 aliphatic heterocycles. The number of ether oxygens (including phenoxy) is 1. The predicted octanol–water partition coefficient (Wildman–Crippen LogP) is 3.50. The summed E-state index contributed by atoms with van der Waals surface area (Å²) >= 11 is 6.97. The van der Waals surface area contributed by atoms with Gasteiger partial charge in [-0.2, -0.15) is 4.37 Å². The second-order valence-electron chi connectivity index (χ2n) is 5.80. The van der Waals surface area contributed by atoms with Crippen molar-refractivity contribution in [3.63, 3.8) is 0 Å². The smallest absolute Gasteiger partial charge is 0.260 e. The van der Waals surface area contributed by atoms with Crippen LogP contribution in [0.15, 0.2) is 24.3 Å². The SMILES string of the molecule is CC1CCCN(C(=O)COc2nsnc2-c2ccc(Cl)cc2)C1. The summed E-state index contributed by atoms with van der Waals surface area (Å²) in [6, 6.07) is 7.31. The predicted molar refractivity (Wildman–Crippen MR) is 90.8 cm³/mol. The number of hydrogen-bond donors (Lipinski definition) is 0. The van der Waals surface area contributed by atoms with Gasteiger partial charge >= 0.3 is 0 Å². The highest BCUT2D eigenvalue weighted by Gasteiger charge is 2.22. The summed E-state index contributed by atoms with van der Waals surface area (Å²) in [5, 5.41) is 0.661. The Morgan fingerprint density at radius 2 is 2.17 bits per heavy atom. The molecular formula is C16H18ClN3O2S. The molecule has 1 aromatic carbocycles. The summed E-state index contributed by atoms with van der Waals surface area (Å²) in [7, 11) is 0. The Labute approximate surface area is 144 Å². The maximum absolute atomic E-state index is 12.3. The third kappa shape index (κ3) is 4.00. The summed E-state index contributed by atoms with van der Waals surface area (Å²) in [5.74, 6) is 0.959. The van der Waals surface area contributed by atoms with Gasteiger partial charge in [0.2, 0.25) is 0 Å². The molecule has 0 bridgehead atoms. The quantitative estimate of drug-likeness (QED) is 0.846. The van der Waals surface area contributed by atoms with Gasteiger partial charge in [-0.3, -0.25) is 4.79 Å². The van der Waals surface area contributed by atoms with Crippen molar-refractivity contribution in [3.05, 3.63) is 29.3 Å². The van der Waals surface area contributed by atoms with Crippen LogP contribution in [-0.4, -0.2) is 39.3 Å². The molecule has 0 spiro atoms. The van der Waals surface area contributed by atoms with Gasteiger partial charge in [-0.15, -0.1) is 4.37 Å². The van der Waals surface area contributed by atoms with Crippen molar-refractivity contribution in [2.45, 2.75) is 19.8 Å². The Kier molecular flexibility index (Phi) is 5.13. The molecule has 1 unspecified atom stereocenters. The summed E-state index contributed by atoms with van der Waals surface area (Å²) in [6.45, 7) is 3.79. The molecule has 0 aliphatic carbocycles. The fraction of sp³-hybridized carbons (Fsp3) is 0.438. The van der Waals surface area contributed by atoms with E-state index in [0.29, 0.717) is 22.5 Å². The molecule has 0 saturated carbocycles. The molecule has 5 nitrogen and oxygen atoms in total. The van der Waals surface area contributed by atoms with E-state index >= 15 is 0 Å². The third-order valence-corrected chi connectivity index (χ3v) is 4.68. The van der Waals surface area contributed by atoms with Gasteiger partial charge in [-0.25, -0.2) is 0 Å². The molecule has 1 aliphatic rings. The lowest BCUT2D eigenvalue weighted by Gasteiger charge is -2.30. The van der Waals surface area contributed by atoms with Gasteiger partial charge in [0, 0.05) is 23.7 Å². The van der Waals surface area contributed by atoms with Crippen LogP contribution in [0.1, 0.15) is 19.8 Å². The lowest BCUT2D eigenvalue weighted by molar-refractivity contribution is -0.135. The minimum Gasteiger partial charge on any atom is -0.465 e. The van der Waals surface area contributed by atoms with E-state index in [1.807, 2.05) is 17.0 Å². The minimum atomic E-state index is -0.00127. The molecule has 0 radical (unpaired) electrons. The van der Waals surface area contributed by atoms with Crippen molar-refractivity contribution >= 4 is 29.2 Å². The van der Waals surface area contributed by atoms with E-state index in [-0.39, 0.29) is 12.5 Å². The second-order valence-corrected chi connectivity index (χ2v) is 6.77. The van der Waals surface area contributed by atoms with E-state index in [0.717, 1.165) is 36.8 Å². The van der Waals surface area contributed by atoms with Gasteiger partial charge in [0.05, 0.1) is 11.7 Å². The van der Waals surface area contributed by atoms with Gasteiger partial charge in [0.1, 0.15) is 5.69 Å². The van der Waals surface area contributed by atoms with Crippen LogP contribution < -0.4 is 4.74 Å². The minimum absolute atomic E-state index is 0.00127. The highest BCUT2D eigenvalue weighted by molar-refractivity contribution is 6.99. The fourth-order valence-electron chi connectivity index (χ4n) is 2.70. The largest absolute Gasteiger partial charge is 0.465 e. The first-order valence-electron chi connectivity index (χ1n) is 7.62. The molecule has 1 aromatic heterocycles. The fourth-order valence-corrected chi connectivity index (χ4v) is 3.34. The molecule has 0 N–H and O–H groups in total. The van der Waals surface area contributed by atoms with Crippen LogP contribution in [0.25, 0.3) is 11.3 Å². The van der Waals surface area contributed by atoms with E-state index in [1.54, 1.807) is 12.1 Å². The lowest BCUT2D eigenvalue weighted by Crippen LogP contribution is -2.41. The van der Waals surface area contributed by atoms with Gasteiger partial charge < -0.3 is 9.64 Å². The number of benzene rings is 1. The molecule has 7 heteroatoms. The van der Waals surface area contributed by atoms with Crippen molar-refractivity contribution in [2.24, 2.45) is 5.92 Å². The molecule has 3 rings (SSSR count). The zero-order valence-electron chi connectivity index (χ0n) is 12.9. The van der Waals surface area contributed by atoms with E-state index in [1.165, 1.54) is 6.42 Å². The number of halogens is 1. The normalized spacial score (nSPS) is 18.0. The van der Waals surface area contributed by atoms with Crippen LogP contribution >= 0.6 is 23.3 Å². The summed E-state index contributed by atoms with van der Waals surface area (Å²) in [5.41, 5.74) is 1.52. The van der Waals surface area contributed by atoms with Crippen molar-refractivity contribution in [2.75, 3.05) is 19.7 Å². The molecule has 1 fully saturated rings. The number of amides is 1. The summed E-state index contributed by atoms with van der Waals surface area (Å²) in [4.78, 5) is 14.1. The highest BCUT2D eigenvalue weighted by atomic mass is 35.5. The average Bonchev–Trinajstić information content (AvgIpc) is 3.02. The molecule has 1 atom stereocenters. The highest BCUT2D eigenvalue weighted by Crippen LogP contribution is 2.28.